The summed E-state index contributed by atoms with van der Waals surface area (Å²) in [6, 6.07) is -0.439. The minimum atomic E-state index is -1.70. The highest BCUT2D eigenvalue weighted by atomic mass is 16.4. The Balaban J connectivity index is 3.00. The van der Waals surface area contributed by atoms with Crippen LogP contribution in [0, 0.1) is 0 Å². The van der Waals surface area contributed by atoms with E-state index in [4.69, 9.17) is 22.3 Å². The fraction of sp³-hybridized carbons (Fsp3) is 0.458. The number of amides is 3. The second-order valence-corrected chi connectivity index (χ2v) is 8.98. The van der Waals surface area contributed by atoms with E-state index in [2.05, 4.69) is 20.9 Å². The lowest BCUT2D eigenvalue weighted by Crippen LogP contribution is -2.57. The number of carboxylic acids is 3. The highest BCUT2D eigenvalue weighted by Gasteiger charge is 2.31. The molecule has 4 unspecified atom stereocenters. The number of benzene rings is 1. The molecule has 0 aliphatic heterocycles. The fourth-order valence-corrected chi connectivity index (χ4v) is 3.46. The summed E-state index contributed by atoms with van der Waals surface area (Å²) in [6.45, 7) is 0.173. The van der Waals surface area contributed by atoms with E-state index in [0.717, 1.165) is 0 Å². The van der Waals surface area contributed by atoms with E-state index in [1.54, 1.807) is 0 Å². The third kappa shape index (κ3) is 13.6. The lowest BCUT2D eigenvalue weighted by Gasteiger charge is -2.24. The number of hydrogen-bond donors (Lipinski definition) is 10. The van der Waals surface area contributed by atoms with Crippen molar-refractivity contribution in [3.8, 4) is 5.75 Å². The number of guanidine groups is 1. The molecule has 0 heterocycles. The predicted molar refractivity (Wildman–Crippen MR) is 142 cm³/mol. The largest absolute Gasteiger partial charge is 0.508 e. The third-order valence-electron chi connectivity index (χ3n) is 5.59. The lowest BCUT2D eigenvalue weighted by molar-refractivity contribution is -0.143. The van der Waals surface area contributed by atoms with Gasteiger partial charge in [-0.15, -0.1) is 0 Å². The number of carbonyl (C=O) groups is 6. The van der Waals surface area contributed by atoms with E-state index >= 15 is 0 Å². The van der Waals surface area contributed by atoms with E-state index < -0.39 is 79.1 Å². The Morgan fingerprint density at radius 2 is 1.34 bits per heavy atom. The normalized spacial score (nSPS) is 13.5. The first-order valence-electron chi connectivity index (χ1n) is 12.4. The summed E-state index contributed by atoms with van der Waals surface area (Å²) >= 11 is 0. The SMILES string of the molecule is NC(N)=NCCCC(N)C(=O)NC(CC(=O)O)C(=O)NC(CCC(=O)O)C(=O)NC(Cc1ccc(O)cc1)C(=O)O. The number of rotatable bonds is 18. The van der Waals surface area contributed by atoms with Crippen molar-refractivity contribution in [1.29, 1.82) is 0 Å². The van der Waals surface area contributed by atoms with Crippen LogP contribution in [0.25, 0.3) is 0 Å². The van der Waals surface area contributed by atoms with Gasteiger partial charge in [0.15, 0.2) is 5.96 Å². The van der Waals surface area contributed by atoms with E-state index in [1.807, 2.05) is 0 Å². The Hall–Kier alpha value is -4.93. The van der Waals surface area contributed by atoms with Crippen LogP contribution in [0.2, 0.25) is 0 Å². The summed E-state index contributed by atoms with van der Waals surface area (Å²) in [4.78, 5) is 76.3. The van der Waals surface area contributed by atoms with Crippen LogP contribution in [0.3, 0.4) is 0 Å². The van der Waals surface area contributed by atoms with Gasteiger partial charge in [-0.2, -0.15) is 0 Å². The molecule has 0 saturated carbocycles. The average molecular weight is 582 g/mol. The lowest BCUT2D eigenvalue weighted by atomic mass is 10.0. The molecule has 0 fully saturated rings. The number of aromatic hydroxyl groups is 1. The molecule has 17 nitrogen and oxygen atoms in total. The summed E-state index contributed by atoms with van der Waals surface area (Å²) in [5.41, 5.74) is 16.7. The fourth-order valence-electron chi connectivity index (χ4n) is 3.46. The highest BCUT2D eigenvalue weighted by Crippen LogP contribution is 2.12. The molecule has 0 radical (unpaired) electrons. The number of phenols is 1. The molecule has 0 bridgehead atoms. The van der Waals surface area contributed by atoms with Crippen molar-refractivity contribution in [2.45, 2.75) is 62.7 Å². The Bertz CT molecular complexity index is 1120. The molecule has 41 heavy (non-hydrogen) atoms. The van der Waals surface area contributed by atoms with Gasteiger partial charge < -0.3 is 53.6 Å². The van der Waals surface area contributed by atoms with Crippen LogP contribution in [0.15, 0.2) is 29.3 Å². The molecule has 1 aromatic rings. The van der Waals surface area contributed by atoms with Gasteiger partial charge in [0, 0.05) is 19.4 Å². The molecular formula is C24H35N7O10. The Morgan fingerprint density at radius 3 is 1.88 bits per heavy atom. The first kappa shape index (κ1) is 34.1. The van der Waals surface area contributed by atoms with Gasteiger partial charge in [-0.3, -0.25) is 29.0 Å². The molecule has 1 rings (SSSR count). The molecular weight excluding hydrogens is 546 g/mol. The summed E-state index contributed by atoms with van der Waals surface area (Å²) < 4.78 is 0. The summed E-state index contributed by atoms with van der Waals surface area (Å²) in [5.74, 6) is -7.50. The monoisotopic (exact) mass is 581 g/mol. The van der Waals surface area contributed by atoms with Crippen molar-refractivity contribution in [3.05, 3.63) is 29.8 Å². The molecule has 1 aromatic carbocycles. The van der Waals surface area contributed by atoms with Crippen molar-refractivity contribution < 1.29 is 49.2 Å². The number of nitrogens with zero attached hydrogens (tertiary/aromatic N) is 1. The molecule has 0 saturated heterocycles. The van der Waals surface area contributed by atoms with Crippen LogP contribution in [0.4, 0.5) is 0 Å². The van der Waals surface area contributed by atoms with Gasteiger partial charge in [0.05, 0.1) is 12.5 Å². The van der Waals surface area contributed by atoms with Crippen molar-refractivity contribution >= 4 is 41.6 Å². The molecule has 13 N–H and O–H groups in total. The molecule has 17 heteroatoms. The van der Waals surface area contributed by atoms with Crippen LogP contribution in [0.5, 0.6) is 5.75 Å². The average Bonchev–Trinajstić information content (AvgIpc) is 2.88. The van der Waals surface area contributed by atoms with Crippen LogP contribution >= 0.6 is 0 Å². The molecule has 0 spiro atoms. The molecule has 3 amide bonds. The quantitative estimate of drug-likeness (QED) is 0.0476. The van der Waals surface area contributed by atoms with Gasteiger partial charge >= 0.3 is 17.9 Å². The van der Waals surface area contributed by atoms with Gasteiger partial charge in [0.2, 0.25) is 17.7 Å². The van der Waals surface area contributed by atoms with Crippen LogP contribution in [-0.2, 0) is 35.2 Å². The predicted octanol–water partition coefficient (Wildman–Crippen LogP) is -2.81. The summed E-state index contributed by atoms with van der Waals surface area (Å²) in [5, 5.41) is 43.9. The number of hydrogen-bond acceptors (Lipinski definition) is 9. The van der Waals surface area contributed by atoms with Crippen LogP contribution in [-0.4, -0.2) is 92.7 Å². The number of phenolic OH excluding ortho intramolecular Hbond substituents is 1. The smallest absolute Gasteiger partial charge is 0.326 e. The van der Waals surface area contributed by atoms with Crippen LogP contribution < -0.4 is 33.2 Å². The maximum Gasteiger partial charge on any atom is 0.326 e. The Kier molecular flexibility index (Phi) is 14.1. The molecule has 4 atom stereocenters. The second-order valence-electron chi connectivity index (χ2n) is 8.98. The third-order valence-corrected chi connectivity index (χ3v) is 5.59. The first-order chi connectivity index (χ1) is 19.2. The zero-order valence-electron chi connectivity index (χ0n) is 22.0. The van der Waals surface area contributed by atoms with Gasteiger partial charge in [-0.05, 0) is 37.0 Å². The molecule has 0 aliphatic carbocycles. The first-order valence-corrected chi connectivity index (χ1v) is 12.4. The molecule has 0 aromatic heterocycles. The highest BCUT2D eigenvalue weighted by molar-refractivity contribution is 5.95. The maximum absolute atomic E-state index is 12.9. The zero-order valence-corrected chi connectivity index (χ0v) is 22.0. The number of nitrogens with one attached hydrogen (secondary N) is 3. The van der Waals surface area contributed by atoms with Gasteiger partial charge in [0.1, 0.15) is 23.9 Å². The number of aliphatic imine (C=N–C) groups is 1. The topological polar surface area (TPSA) is 310 Å². The molecule has 0 aliphatic rings. The number of aliphatic carboxylic acids is 3. The Morgan fingerprint density at radius 1 is 0.780 bits per heavy atom. The van der Waals surface area contributed by atoms with Crippen LogP contribution in [0.1, 0.15) is 37.7 Å². The zero-order chi connectivity index (χ0) is 31.1. The van der Waals surface area contributed by atoms with Crippen molar-refractivity contribution in [2.75, 3.05) is 6.54 Å². The van der Waals surface area contributed by atoms with Crippen molar-refractivity contribution in [2.24, 2.45) is 22.2 Å². The number of nitrogens with two attached hydrogens (primary N) is 3. The van der Waals surface area contributed by atoms with E-state index in [1.165, 1.54) is 24.3 Å². The van der Waals surface area contributed by atoms with E-state index in [9.17, 15) is 44.1 Å². The van der Waals surface area contributed by atoms with Crippen molar-refractivity contribution in [1.82, 2.24) is 16.0 Å². The number of carboxylic acid groups (broad SMARTS) is 3. The van der Waals surface area contributed by atoms with Crippen molar-refractivity contribution in [3.63, 3.8) is 0 Å². The van der Waals surface area contributed by atoms with Gasteiger partial charge in [-0.25, -0.2) is 4.79 Å². The summed E-state index contributed by atoms with van der Waals surface area (Å²) in [6.07, 6.45) is -1.80. The van der Waals surface area contributed by atoms with Gasteiger partial charge in [0.25, 0.3) is 0 Å². The second kappa shape index (κ2) is 16.9. The van der Waals surface area contributed by atoms with E-state index in [-0.39, 0.29) is 31.1 Å². The minimum absolute atomic E-state index is 0.0592. The van der Waals surface area contributed by atoms with E-state index in [0.29, 0.717) is 12.0 Å². The molecule has 226 valence electrons. The standard InChI is InChI=1S/C24H35N7O10/c25-14(2-1-9-28-24(26)27)20(37)30-16(11-19(35)36)22(39)29-15(7-8-18(33)34)21(38)31-17(23(40)41)10-12-3-5-13(32)6-4-12/h3-6,14-17,32H,1-2,7-11,25H2,(H,29,39)(H,30,37)(H,31,38)(H,33,34)(H,35,36)(H,40,41)(H4,26,27,28). The minimum Gasteiger partial charge on any atom is -0.508 e. The van der Waals surface area contributed by atoms with Gasteiger partial charge in [-0.1, -0.05) is 12.1 Å². The number of carbonyl (C=O) groups excluding carboxylic acids is 3. The Labute approximate surface area is 234 Å². The maximum atomic E-state index is 12.9. The summed E-state index contributed by atoms with van der Waals surface area (Å²) in [7, 11) is 0.